The molecule has 1 aromatic heterocycles. The molecule has 1 atom stereocenters. The minimum atomic E-state index is -1.27. The van der Waals surface area contributed by atoms with Gasteiger partial charge in [0, 0.05) is 32.4 Å². The van der Waals surface area contributed by atoms with E-state index in [1.165, 1.54) is 24.3 Å². The van der Waals surface area contributed by atoms with Crippen LogP contribution in [0.3, 0.4) is 0 Å². The lowest BCUT2D eigenvalue weighted by molar-refractivity contribution is -0.140. The number of benzene rings is 1. The van der Waals surface area contributed by atoms with Crippen LogP contribution in [0.4, 0.5) is 10.2 Å². The molecule has 3 rings (SSSR count). The van der Waals surface area contributed by atoms with Crippen molar-refractivity contribution in [3.63, 3.8) is 0 Å². The van der Waals surface area contributed by atoms with E-state index in [0.29, 0.717) is 31.7 Å². The minimum absolute atomic E-state index is 0.363. The van der Waals surface area contributed by atoms with Crippen molar-refractivity contribution in [2.45, 2.75) is 20.0 Å². The number of piperazine rings is 1. The van der Waals surface area contributed by atoms with Crippen molar-refractivity contribution in [1.82, 2.24) is 14.9 Å². The molecule has 7 heteroatoms. The average Bonchev–Trinajstić information content (AvgIpc) is 2.63. The van der Waals surface area contributed by atoms with Crippen LogP contribution >= 0.6 is 0 Å². The molecule has 0 radical (unpaired) electrons. The van der Waals surface area contributed by atoms with E-state index in [2.05, 4.69) is 14.9 Å². The van der Waals surface area contributed by atoms with Gasteiger partial charge in [0.2, 0.25) is 0 Å². The van der Waals surface area contributed by atoms with Crippen molar-refractivity contribution in [3.8, 4) is 0 Å². The Hall–Kier alpha value is -2.54. The van der Waals surface area contributed by atoms with Gasteiger partial charge in [0.15, 0.2) is 6.10 Å². The summed E-state index contributed by atoms with van der Waals surface area (Å²) >= 11 is 0. The summed E-state index contributed by atoms with van der Waals surface area (Å²) in [4.78, 5) is 25.1. The van der Waals surface area contributed by atoms with Gasteiger partial charge in [-0.05, 0) is 31.5 Å². The van der Waals surface area contributed by atoms with Gasteiger partial charge in [-0.2, -0.15) is 0 Å². The van der Waals surface area contributed by atoms with Gasteiger partial charge in [0.05, 0.1) is 11.4 Å². The largest absolute Gasteiger partial charge is 0.378 e. The maximum absolute atomic E-state index is 13.0. The summed E-state index contributed by atoms with van der Waals surface area (Å²) in [6.45, 7) is 6.05. The summed E-state index contributed by atoms with van der Waals surface area (Å²) in [5.74, 6) is 0.0798. The van der Waals surface area contributed by atoms with Gasteiger partial charge in [0.1, 0.15) is 11.6 Å². The Morgan fingerprint density at radius 3 is 2.44 bits per heavy atom. The molecule has 0 spiro atoms. The number of hydrogen-bond donors (Lipinski definition) is 1. The molecule has 1 aliphatic heterocycles. The fraction of sp³-hybridized carbons (Fsp3) is 0.389. The second kappa shape index (κ2) is 7.14. The first-order valence-electron chi connectivity index (χ1n) is 8.23. The maximum Gasteiger partial charge on any atom is 0.256 e. The van der Waals surface area contributed by atoms with Gasteiger partial charge in [-0.1, -0.05) is 12.1 Å². The van der Waals surface area contributed by atoms with Crippen molar-refractivity contribution in [1.29, 1.82) is 0 Å². The summed E-state index contributed by atoms with van der Waals surface area (Å²) in [7, 11) is 0. The van der Waals surface area contributed by atoms with Crippen LogP contribution in [0.25, 0.3) is 0 Å². The van der Waals surface area contributed by atoms with E-state index < -0.39 is 11.9 Å². The number of aliphatic hydroxyl groups is 1. The molecule has 25 heavy (non-hydrogen) atoms. The van der Waals surface area contributed by atoms with Gasteiger partial charge in [-0.25, -0.2) is 9.37 Å². The topological polar surface area (TPSA) is 69.6 Å². The lowest BCUT2D eigenvalue weighted by Crippen LogP contribution is -2.50. The highest BCUT2D eigenvalue weighted by Crippen LogP contribution is 2.20. The number of amides is 1. The number of carbonyl (C=O) groups is 1. The van der Waals surface area contributed by atoms with Crippen LogP contribution in [0.2, 0.25) is 0 Å². The van der Waals surface area contributed by atoms with Crippen molar-refractivity contribution in [2.24, 2.45) is 0 Å². The molecule has 1 aromatic carbocycles. The Bertz CT molecular complexity index is 758. The van der Waals surface area contributed by atoms with Crippen LogP contribution < -0.4 is 4.90 Å². The number of aliphatic hydroxyl groups excluding tert-OH is 1. The molecule has 1 amide bonds. The predicted octanol–water partition coefficient (Wildman–Crippen LogP) is 1.61. The van der Waals surface area contributed by atoms with Gasteiger partial charge in [-0.3, -0.25) is 9.78 Å². The predicted molar refractivity (Wildman–Crippen MR) is 91.7 cm³/mol. The van der Waals surface area contributed by atoms with Crippen LogP contribution in [0.15, 0.2) is 30.5 Å². The van der Waals surface area contributed by atoms with Crippen molar-refractivity contribution in [3.05, 3.63) is 53.2 Å². The molecule has 0 bridgehead atoms. The number of nitrogens with zero attached hydrogens (tertiary/aromatic N) is 4. The minimum Gasteiger partial charge on any atom is -0.378 e. The summed E-state index contributed by atoms with van der Waals surface area (Å²) < 4.78 is 13.0. The second-order valence-electron chi connectivity index (χ2n) is 6.19. The van der Waals surface area contributed by atoms with E-state index in [-0.39, 0.29) is 5.91 Å². The zero-order valence-electron chi connectivity index (χ0n) is 14.3. The fourth-order valence-corrected chi connectivity index (χ4v) is 2.92. The van der Waals surface area contributed by atoms with Crippen LogP contribution in [-0.4, -0.2) is 52.1 Å². The molecule has 1 aliphatic rings. The zero-order chi connectivity index (χ0) is 18.0. The first-order chi connectivity index (χ1) is 12.0. The number of carbonyl (C=O) groups excluding carboxylic acids is 1. The molecule has 0 unspecified atom stereocenters. The van der Waals surface area contributed by atoms with E-state index in [0.717, 1.165) is 17.2 Å². The second-order valence-corrected chi connectivity index (χ2v) is 6.19. The molecular formula is C18H21FN4O2. The Kier molecular flexibility index (Phi) is 4.94. The monoisotopic (exact) mass is 344 g/mol. The summed E-state index contributed by atoms with van der Waals surface area (Å²) in [6.07, 6.45) is 0.463. The molecular weight excluding hydrogens is 323 g/mol. The van der Waals surface area contributed by atoms with Crippen LogP contribution in [0.5, 0.6) is 0 Å². The highest BCUT2D eigenvalue weighted by Gasteiger charge is 2.28. The normalized spacial score (nSPS) is 16.0. The highest BCUT2D eigenvalue weighted by atomic mass is 19.1. The first kappa shape index (κ1) is 17.3. The standard InChI is InChI=1S/C18H21FN4O2/c1-12-11-20-13(2)17(21-12)22-7-9-23(10-8-22)18(25)16(24)14-3-5-15(19)6-4-14/h3-6,11,16,24H,7-10H2,1-2H3/t16-/m1/s1. The smallest absolute Gasteiger partial charge is 0.256 e. The van der Waals surface area contributed by atoms with E-state index in [1.807, 2.05) is 13.8 Å². The molecule has 1 N–H and O–H groups in total. The van der Waals surface area contributed by atoms with Gasteiger partial charge in [0.25, 0.3) is 5.91 Å². The third-order valence-corrected chi connectivity index (χ3v) is 4.36. The third-order valence-electron chi connectivity index (χ3n) is 4.36. The summed E-state index contributed by atoms with van der Waals surface area (Å²) in [6, 6.07) is 5.34. The fourth-order valence-electron chi connectivity index (χ4n) is 2.92. The van der Waals surface area contributed by atoms with Crippen LogP contribution in [-0.2, 0) is 4.79 Å². The first-order valence-corrected chi connectivity index (χ1v) is 8.23. The number of aryl methyl sites for hydroxylation is 2. The zero-order valence-corrected chi connectivity index (χ0v) is 14.3. The van der Waals surface area contributed by atoms with Crippen molar-refractivity contribution < 1.29 is 14.3 Å². The maximum atomic E-state index is 13.0. The third kappa shape index (κ3) is 3.76. The van der Waals surface area contributed by atoms with Gasteiger partial charge >= 0.3 is 0 Å². The van der Waals surface area contributed by atoms with Crippen LogP contribution in [0, 0.1) is 19.7 Å². The van der Waals surface area contributed by atoms with E-state index in [4.69, 9.17) is 0 Å². The molecule has 6 nitrogen and oxygen atoms in total. The molecule has 2 aromatic rings. The van der Waals surface area contributed by atoms with Gasteiger partial charge < -0.3 is 14.9 Å². The highest BCUT2D eigenvalue weighted by molar-refractivity contribution is 5.82. The summed E-state index contributed by atoms with van der Waals surface area (Å²) in [5.41, 5.74) is 2.11. The lowest BCUT2D eigenvalue weighted by Gasteiger charge is -2.36. The molecule has 2 heterocycles. The number of anilines is 1. The lowest BCUT2D eigenvalue weighted by atomic mass is 10.1. The quantitative estimate of drug-likeness (QED) is 0.916. The van der Waals surface area contributed by atoms with E-state index in [1.54, 1.807) is 11.1 Å². The van der Waals surface area contributed by atoms with Gasteiger partial charge in [-0.15, -0.1) is 0 Å². The molecule has 0 saturated carbocycles. The molecule has 0 aliphatic carbocycles. The number of aromatic nitrogens is 2. The molecule has 132 valence electrons. The Labute approximate surface area is 145 Å². The Balaban J connectivity index is 1.64. The number of hydrogen-bond acceptors (Lipinski definition) is 5. The molecule has 1 saturated heterocycles. The van der Waals surface area contributed by atoms with Crippen LogP contribution in [0.1, 0.15) is 23.1 Å². The number of halogens is 1. The SMILES string of the molecule is Cc1cnc(C)c(N2CCN(C(=O)[C@H](O)c3ccc(F)cc3)CC2)n1. The van der Waals surface area contributed by atoms with Crippen molar-refractivity contribution >= 4 is 11.7 Å². The van der Waals surface area contributed by atoms with E-state index in [9.17, 15) is 14.3 Å². The summed E-state index contributed by atoms with van der Waals surface area (Å²) in [5, 5.41) is 10.2. The Morgan fingerprint density at radius 1 is 1.16 bits per heavy atom. The van der Waals surface area contributed by atoms with Crippen molar-refractivity contribution in [2.75, 3.05) is 31.1 Å². The average molecular weight is 344 g/mol. The number of rotatable bonds is 3. The van der Waals surface area contributed by atoms with E-state index >= 15 is 0 Å². The molecule has 1 fully saturated rings. The Morgan fingerprint density at radius 2 is 1.80 bits per heavy atom.